The zero-order valence-electron chi connectivity index (χ0n) is 13.1. The number of fused-ring (bicyclic) bond motifs is 1. The van der Waals surface area contributed by atoms with Crippen molar-refractivity contribution in [1.29, 1.82) is 0 Å². The van der Waals surface area contributed by atoms with E-state index in [1.807, 2.05) is 11.1 Å². The monoisotopic (exact) mass is 345 g/mol. The molecule has 8 nitrogen and oxygen atoms in total. The zero-order chi connectivity index (χ0) is 16.5. The first-order valence-electron chi connectivity index (χ1n) is 8.04. The van der Waals surface area contributed by atoms with Gasteiger partial charge in [0.1, 0.15) is 11.8 Å². The van der Waals surface area contributed by atoms with Crippen LogP contribution in [-0.2, 0) is 4.79 Å². The van der Waals surface area contributed by atoms with E-state index >= 15 is 0 Å². The van der Waals surface area contributed by atoms with Crippen LogP contribution in [0.15, 0.2) is 23.8 Å². The van der Waals surface area contributed by atoms with Crippen LogP contribution in [0, 0.1) is 0 Å². The van der Waals surface area contributed by atoms with Gasteiger partial charge in [0.25, 0.3) is 5.91 Å². The molecule has 0 radical (unpaired) electrons. The lowest BCUT2D eigenvalue weighted by atomic mass is 10.2. The maximum atomic E-state index is 12.6. The molecule has 1 amide bonds. The predicted molar refractivity (Wildman–Crippen MR) is 93.3 cm³/mol. The number of amides is 1. The summed E-state index contributed by atoms with van der Waals surface area (Å²) in [6.45, 7) is 0.773. The van der Waals surface area contributed by atoms with Gasteiger partial charge in [-0.05, 0) is 19.3 Å². The second kappa shape index (κ2) is 6.40. The number of aromatic amines is 1. The normalized spacial score (nSPS) is 24.2. The van der Waals surface area contributed by atoms with Gasteiger partial charge in [-0.3, -0.25) is 4.79 Å². The molecule has 2 aliphatic rings. The van der Waals surface area contributed by atoms with E-state index in [2.05, 4.69) is 25.3 Å². The highest BCUT2D eigenvalue weighted by Gasteiger charge is 2.28. The maximum Gasteiger partial charge on any atom is 0.259 e. The Morgan fingerprint density at radius 2 is 2.29 bits per heavy atom. The van der Waals surface area contributed by atoms with Crippen molar-refractivity contribution in [2.45, 2.75) is 31.3 Å². The highest BCUT2D eigenvalue weighted by atomic mass is 32.2. The Hall–Kier alpha value is -2.13. The van der Waals surface area contributed by atoms with Crippen molar-refractivity contribution in [2.75, 3.05) is 17.2 Å². The van der Waals surface area contributed by atoms with Crippen molar-refractivity contribution < 1.29 is 4.79 Å². The Kier molecular flexibility index (Phi) is 4.11. The molecule has 0 aromatic carbocycles. The van der Waals surface area contributed by atoms with E-state index in [0.29, 0.717) is 10.6 Å². The third-order valence-electron chi connectivity index (χ3n) is 4.45. The van der Waals surface area contributed by atoms with Gasteiger partial charge in [0.2, 0.25) is 0 Å². The third kappa shape index (κ3) is 2.84. The van der Waals surface area contributed by atoms with Crippen LogP contribution in [0.5, 0.6) is 0 Å². The molecule has 1 aliphatic carbocycles. The number of hydrogen-bond acceptors (Lipinski definition) is 7. The number of nitrogens with two attached hydrogens (primary N) is 1. The molecule has 1 aliphatic heterocycles. The molecule has 2 atom stereocenters. The number of nitrogens with one attached hydrogen (secondary N) is 2. The van der Waals surface area contributed by atoms with Crippen LogP contribution >= 0.6 is 11.8 Å². The molecule has 0 spiro atoms. The number of aromatic nitrogens is 4. The molecule has 0 bridgehead atoms. The quantitative estimate of drug-likeness (QED) is 0.752. The molecule has 2 aromatic rings. The Morgan fingerprint density at radius 1 is 1.38 bits per heavy atom. The summed E-state index contributed by atoms with van der Waals surface area (Å²) in [6.07, 6.45) is 7.94. The summed E-state index contributed by atoms with van der Waals surface area (Å²) < 4.78 is 0. The van der Waals surface area contributed by atoms with Crippen LogP contribution in [-0.4, -0.2) is 50.2 Å². The smallest absolute Gasteiger partial charge is 0.259 e. The zero-order valence-corrected chi connectivity index (χ0v) is 13.9. The lowest BCUT2D eigenvalue weighted by Crippen LogP contribution is -2.44. The molecular formula is C15H19N7OS. The van der Waals surface area contributed by atoms with E-state index in [4.69, 9.17) is 5.73 Å². The molecule has 2 aromatic heterocycles. The van der Waals surface area contributed by atoms with E-state index in [9.17, 15) is 4.79 Å². The second-order valence-corrected chi connectivity index (χ2v) is 7.15. The number of H-pyrrole nitrogens is 1. The molecule has 0 unspecified atom stereocenters. The van der Waals surface area contributed by atoms with Gasteiger partial charge in [-0.15, -0.1) is 11.8 Å². The number of imidazole rings is 1. The second-order valence-electron chi connectivity index (χ2n) is 6.01. The third-order valence-corrected chi connectivity index (χ3v) is 5.44. The van der Waals surface area contributed by atoms with Crippen molar-refractivity contribution in [3.05, 3.63) is 23.8 Å². The summed E-state index contributed by atoms with van der Waals surface area (Å²) in [5.41, 5.74) is 7.44. The van der Waals surface area contributed by atoms with E-state index in [1.165, 1.54) is 6.33 Å². The summed E-state index contributed by atoms with van der Waals surface area (Å²) in [5.74, 6) is 1.50. The van der Waals surface area contributed by atoms with Crippen LogP contribution in [0.4, 0.5) is 5.82 Å². The van der Waals surface area contributed by atoms with Crippen LogP contribution in [0.1, 0.15) is 19.3 Å². The van der Waals surface area contributed by atoms with Crippen molar-refractivity contribution in [3.63, 3.8) is 0 Å². The summed E-state index contributed by atoms with van der Waals surface area (Å²) in [7, 11) is 0. The number of nitrogens with zero attached hydrogens (tertiary/aromatic N) is 4. The average Bonchev–Trinajstić information content (AvgIpc) is 3.24. The molecule has 1 saturated carbocycles. The SMILES string of the molecule is N[C@@H]1CCC[C@@H]1NC(=O)C1=CN(c2ncnc3nc[nH]c23)CCS1. The lowest BCUT2D eigenvalue weighted by Gasteiger charge is -2.26. The minimum atomic E-state index is -0.0537. The van der Waals surface area contributed by atoms with Gasteiger partial charge in [0.05, 0.1) is 11.2 Å². The van der Waals surface area contributed by atoms with Gasteiger partial charge in [0, 0.05) is 30.6 Å². The van der Waals surface area contributed by atoms with Crippen LogP contribution in [0.3, 0.4) is 0 Å². The van der Waals surface area contributed by atoms with Gasteiger partial charge < -0.3 is 20.9 Å². The fourth-order valence-electron chi connectivity index (χ4n) is 3.17. The molecule has 4 rings (SSSR count). The Morgan fingerprint density at radius 3 is 3.12 bits per heavy atom. The fourth-order valence-corrected chi connectivity index (χ4v) is 4.07. The topological polar surface area (TPSA) is 113 Å². The molecule has 4 N–H and O–H groups in total. The van der Waals surface area contributed by atoms with Gasteiger partial charge in [-0.1, -0.05) is 0 Å². The van der Waals surface area contributed by atoms with Crippen LogP contribution < -0.4 is 16.0 Å². The predicted octanol–water partition coefficient (Wildman–Crippen LogP) is 0.744. The van der Waals surface area contributed by atoms with E-state index in [0.717, 1.165) is 42.9 Å². The number of carbonyl (C=O) groups is 1. The molecule has 24 heavy (non-hydrogen) atoms. The molecule has 9 heteroatoms. The summed E-state index contributed by atoms with van der Waals surface area (Å²) in [5, 5.41) is 3.07. The standard InChI is InChI=1S/C15H19N7OS/c16-9-2-1-3-10(9)21-15(23)11-6-22(4-5-24-11)14-12-13(18-7-17-12)19-8-20-14/h6-10H,1-5,16H2,(H,21,23)(H,17,18,19,20)/t9-,10+/m1/s1. The molecule has 126 valence electrons. The highest BCUT2D eigenvalue weighted by molar-refractivity contribution is 8.04. The minimum Gasteiger partial charge on any atom is -0.347 e. The summed E-state index contributed by atoms with van der Waals surface area (Å²) >= 11 is 1.56. The first kappa shape index (κ1) is 15.4. The van der Waals surface area contributed by atoms with Gasteiger partial charge >= 0.3 is 0 Å². The minimum absolute atomic E-state index is 0.0537. The van der Waals surface area contributed by atoms with Crippen molar-refractivity contribution >= 4 is 34.7 Å². The first-order chi connectivity index (χ1) is 11.7. The molecular weight excluding hydrogens is 326 g/mol. The molecule has 1 fully saturated rings. The molecule has 0 saturated heterocycles. The van der Waals surface area contributed by atoms with E-state index < -0.39 is 0 Å². The van der Waals surface area contributed by atoms with Crippen LogP contribution in [0.25, 0.3) is 11.2 Å². The van der Waals surface area contributed by atoms with Gasteiger partial charge in [-0.25, -0.2) is 15.0 Å². The van der Waals surface area contributed by atoms with Crippen molar-refractivity contribution in [2.24, 2.45) is 5.73 Å². The largest absolute Gasteiger partial charge is 0.347 e. The summed E-state index contributed by atoms with van der Waals surface area (Å²) in [6, 6.07) is 0.137. The average molecular weight is 345 g/mol. The lowest BCUT2D eigenvalue weighted by molar-refractivity contribution is -0.117. The molecule has 3 heterocycles. The van der Waals surface area contributed by atoms with E-state index in [1.54, 1.807) is 18.1 Å². The first-order valence-corrected chi connectivity index (χ1v) is 9.03. The number of carbonyl (C=O) groups excluding carboxylic acids is 1. The maximum absolute atomic E-state index is 12.6. The van der Waals surface area contributed by atoms with E-state index in [-0.39, 0.29) is 18.0 Å². The Bertz CT molecular complexity index is 789. The van der Waals surface area contributed by atoms with Crippen molar-refractivity contribution in [3.8, 4) is 0 Å². The number of anilines is 1. The fraction of sp³-hybridized carbons (Fsp3) is 0.467. The van der Waals surface area contributed by atoms with Gasteiger partial charge in [-0.2, -0.15) is 0 Å². The summed E-state index contributed by atoms with van der Waals surface area (Å²) in [4.78, 5) is 30.9. The van der Waals surface area contributed by atoms with Crippen molar-refractivity contribution in [1.82, 2.24) is 25.3 Å². The number of thioether (sulfide) groups is 1. The Balaban J connectivity index is 1.56. The highest BCUT2D eigenvalue weighted by Crippen LogP contribution is 2.28. The van der Waals surface area contributed by atoms with Gasteiger partial charge in [0.15, 0.2) is 11.5 Å². The van der Waals surface area contributed by atoms with Crippen LogP contribution in [0.2, 0.25) is 0 Å². The number of hydrogen-bond donors (Lipinski definition) is 3. The Labute approximate surface area is 143 Å². The number of rotatable bonds is 3.